The molecule has 0 aliphatic heterocycles. The van der Waals surface area contributed by atoms with Gasteiger partial charge in [0.15, 0.2) is 11.5 Å². The minimum Gasteiger partial charge on any atom is -0.493 e. The highest BCUT2D eigenvalue weighted by atomic mass is 79.9. The van der Waals surface area contributed by atoms with Gasteiger partial charge in [0.2, 0.25) is 0 Å². The maximum atomic E-state index is 12.5. The zero-order chi connectivity index (χ0) is 14.6. The van der Waals surface area contributed by atoms with Crippen molar-refractivity contribution in [1.29, 1.82) is 0 Å². The highest BCUT2D eigenvalue weighted by molar-refractivity contribution is 9.11. The average molecular weight is 395 g/mol. The lowest BCUT2D eigenvalue weighted by Crippen LogP contribution is -2.31. The summed E-state index contributed by atoms with van der Waals surface area (Å²) >= 11 is 6.85. The van der Waals surface area contributed by atoms with E-state index in [9.17, 15) is 4.79 Å². The zero-order valence-corrected chi connectivity index (χ0v) is 14.6. The van der Waals surface area contributed by atoms with Crippen molar-refractivity contribution in [1.82, 2.24) is 4.90 Å². The Balaban J connectivity index is 3.40. The van der Waals surface area contributed by atoms with Gasteiger partial charge in [-0.25, -0.2) is 0 Å². The first-order chi connectivity index (χ1) is 9.01. The van der Waals surface area contributed by atoms with Crippen molar-refractivity contribution >= 4 is 37.8 Å². The van der Waals surface area contributed by atoms with Crippen LogP contribution in [0.25, 0.3) is 0 Å². The molecule has 0 spiro atoms. The summed E-state index contributed by atoms with van der Waals surface area (Å²) < 4.78 is 11.8. The fourth-order valence-electron chi connectivity index (χ4n) is 1.79. The molecule has 6 heteroatoms. The predicted octanol–water partition coefficient (Wildman–Crippen LogP) is 3.71. The largest absolute Gasteiger partial charge is 0.493 e. The van der Waals surface area contributed by atoms with E-state index in [0.29, 0.717) is 39.1 Å². The molecule has 1 rings (SSSR count). The van der Waals surface area contributed by atoms with E-state index in [0.717, 1.165) is 0 Å². The topological polar surface area (TPSA) is 38.8 Å². The Bertz CT molecular complexity index is 473. The fourth-order valence-corrected chi connectivity index (χ4v) is 3.37. The summed E-state index contributed by atoms with van der Waals surface area (Å²) in [6.07, 6.45) is 0. The third kappa shape index (κ3) is 3.23. The molecule has 0 radical (unpaired) electrons. The van der Waals surface area contributed by atoms with Crippen molar-refractivity contribution in [2.45, 2.75) is 13.8 Å². The summed E-state index contributed by atoms with van der Waals surface area (Å²) in [6.45, 7) is 5.21. The van der Waals surface area contributed by atoms with E-state index < -0.39 is 0 Å². The van der Waals surface area contributed by atoms with Gasteiger partial charge < -0.3 is 14.4 Å². The molecule has 106 valence electrons. The van der Waals surface area contributed by atoms with Crippen molar-refractivity contribution in [3.8, 4) is 11.5 Å². The molecule has 0 fully saturated rings. The maximum absolute atomic E-state index is 12.5. The summed E-state index contributed by atoms with van der Waals surface area (Å²) in [5.74, 6) is 1.03. The number of carbonyl (C=O) groups excluding carboxylic acids is 1. The number of halogens is 2. The van der Waals surface area contributed by atoms with E-state index in [-0.39, 0.29) is 5.91 Å². The molecule has 0 bridgehead atoms. The smallest absolute Gasteiger partial charge is 0.256 e. The number of nitrogens with zero attached hydrogens (tertiary/aromatic N) is 1. The third-order valence-corrected chi connectivity index (χ3v) is 4.21. The molecule has 1 amide bonds. The zero-order valence-electron chi connectivity index (χ0n) is 11.4. The second-order valence-corrected chi connectivity index (χ2v) is 5.41. The van der Waals surface area contributed by atoms with Crippen LogP contribution in [0.4, 0.5) is 0 Å². The molecule has 4 nitrogen and oxygen atoms in total. The lowest BCUT2D eigenvalue weighted by atomic mass is 10.1. The van der Waals surface area contributed by atoms with Crippen LogP contribution in [0, 0.1) is 0 Å². The Kier molecular flexibility index (Phi) is 6.13. The van der Waals surface area contributed by atoms with Gasteiger partial charge in [0.25, 0.3) is 5.91 Å². The molecule has 0 saturated carbocycles. The van der Waals surface area contributed by atoms with Crippen LogP contribution in [0.15, 0.2) is 15.0 Å². The average Bonchev–Trinajstić information content (AvgIpc) is 2.39. The SMILES string of the molecule is CCN(CC)C(=O)c1c(Br)cc(OC)c(OC)c1Br. The number of carbonyl (C=O) groups is 1. The first kappa shape index (κ1) is 16.3. The predicted molar refractivity (Wildman–Crippen MR) is 82.2 cm³/mol. The van der Waals surface area contributed by atoms with Crippen LogP contribution in [-0.4, -0.2) is 38.1 Å². The van der Waals surface area contributed by atoms with Crippen LogP contribution in [0.1, 0.15) is 24.2 Å². The summed E-state index contributed by atoms with van der Waals surface area (Å²) in [7, 11) is 3.10. The van der Waals surface area contributed by atoms with Gasteiger partial charge in [-0.15, -0.1) is 0 Å². The van der Waals surface area contributed by atoms with Gasteiger partial charge in [0, 0.05) is 17.6 Å². The number of hydrogen-bond donors (Lipinski definition) is 0. The van der Waals surface area contributed by atoms with Crippen molar-refractivity contribution < 1.29 is 14.3 Å². The van der Waals surface area contributed by atoms with E-state index in [1.807, 2.05) is 13.8 Å². The number of hydrogen-bond acceptors (Lipinski definition) is 3. The van der Waals surface area contributed by atoms with Gasteiger partial charge >= 0.3 is 0 Å². The van der Waals surface area contributed by atoms with Gasteiger partial charge in [-0.3, -0.25) is 4.79 Å². The standard InChI is InChI=1S/C13H17Br2NO3/c1-5-16(6-2)13(17)10-8(14)7-9(18-3)12(19-4)11(10)15/h7H,5-6H2,1-4H3. The normalized spacial score (nSPS) is 10.2. The Labute approximate surface area is 130 Å². The van der Waals surface area contributed by atoms with E-state index in [4.69, 9.17) is 9.47 Å². The minimum absolute atomic E-state index is 0.0512. The molecule has 0 unspecified atom stereocenters. The number of rotatable bonds is 5. The summed E-state index contributed by atoms with van der Waals surface area (Å²) in [4.78, 5) is 14.2. The number of benzene rings is 1. The Morgan fingerprint density at radius 1 is 1.21 bits per heavy atom. The molecule has 0 atom stereocenters. The van der Waals surface area contributed by atoms with Crippen LogP contribution in [0.5, 0.6) is 11.5 Å². The molecular weight excluding hydrogens is 378 g/mol. The Morgan fingerprint density at radius 2 is 1.79 bits per heavy atom. The van der Waals surface area contributed by atoms with Gasteiger partial charge in [0.1, 0.15) is 0 Å². The van der Waals surface area contributed by atoms with Crippen LogP contribution in [0.3, 0.4) is 0 Å². The Hall–Kier alpha value is -0.750. The molecular formula is C13H17Br2NO3. The van der Waals surface area contributed by atoms with E-state index in [1.165, 1.54) is 0 Å². The molecule has 0 N–H and O–H groups in total. The molecule has 0 aliphatic rings. The van der Waals surface area contributed by atoms with Crippen molar-refractivity contribution in [3.05, 3.63) is 20.6 Å². The summed E-state index contributed by atoms with van der Waals surface area (Å²) in [5.41, 5.74) is 0.543. The summed E-state index contributed by atoms with van der Waals surface area (Å²) in [5, 5.41) is 0. The van der Waals surface area contributed by atoms with Crippen LogP contribution in [-0.2, 0) is 0 Å². The second-order valence-electron chi connectivity index (χ2n) is 3.76. The van der Waals surface area contributed by atoms with Crippen LogP contribution in [0.2, 0.25) is 0 Å². The number of ether oxygens (including phenoxy) is 2. The van der Waals surface area contributed by atoms with Crippen molar-refractivity contribution in [2.24, 2.45) is 0 Å². The minimum atomic E-state index is -0.0512. The Morgan fingerprint density at radius 3 is 2.21 bits per heavy atom. The van der Waals surface area contributed by atoms with E-state index in [1.54, 1.807) is 25.2 Å². The van der Waals surface area contributed by atoms with Crippen LogP contribution >= 0.6 is 31.9 Å². The number of methoxy groups -OCH3 is 2. The second kappa shape index (κ2) is 7.14. The fraction of sp³-hybridized carbons (Fsp3) is 0.462. The molecule has 19 heavy (non-hydrogen) atoms. The quantitative estimate of drug-likeness (QED) is 0.763. The molecule has 0 heterocycles. The van der Waals surface area contributed by atoms with E-state index in [2.05, 4.69) is 31.9 Å². The van der Waals surface area contributed by atoms with Crippen molar-refractivity contribution in [3.63, 3.8) is 0 Å². The van der Waals surface area contributed by atoms with Gasteiger partial charge in [-0.05, 0) is 51.8 Å². The van der Waals surface area contributed by atoms with Gasteiger partial charge in [0.05, 0.1) is 24.3 Å². The lowest BCUT2D eigenvalue weighted by Gasteiger charge is -2.21. The molecule has 1 aromatic rings. The highest BCUT2D eigenvalue weighted by Crippen LogP contribution is 2.42. The van der Waals surface area contributed by atoms with Gasteiger partial charge in [-0.2, -0.15) is 0 Å². The lowest BCUT2D eigenvalue weighted by molar-refractivity contribution is 0.0770. The molecule has 0 aliphatic carbocycles. The number of amides is 1. The highest BCUT2D eigenvalue weighted by Gasteiger charge is 2.24. The first-order valence-electron chi connectivity index (χ1n) is 5.90. The van der Waals surface area contributed by atoms with Crippen LogP contribution < -0.4 is 9.47 Å². The summed E-state index contributed by atoms with van der Waals surface area (Å²) in [6, 6.07) is 1.74. The van der Waals surface area contributed by atoms with Gasteiger partial charge in [-0.1, -0.05) is 0 Å². The molecule has 1 aromatic carbocycles. The third-order valence-electron chi connectivity index (χ3n) is 2.83. The molecule has 0 saturated heterocycles. The van der Waals surface area contributed by atoms with E-state index >= 15 is 0 Å². The monoisotopic (exact) mass is 393 g/mol. The maximum Gasteiger partial charge on any atom is 0.256 e. The molecule has 0 aromatic heterocycles. The first-order valence-corrected chi connectivity index (χ1v) is 7.49. The van der Waals surface area contributed by atoms with Crippen molar-refractivity contribution in [2.75, 3.05) is 27.3 Å².